The molecule has 1 N–H and O–H groups in total. The number of rotatable bonds is 20. The Bertz CT molecular complexity index is 752. The highest BCUT2D eigenvalue weighted by Crippen LogP contribution is 2.19. The number of phenolic OH excluding ortho intramolecular Hbond substituents is 1. The van der Waals surface area contributed by atoms with Gasteiger partial charge in [-0.3, -0.25) is 4.99 Å². The second kappa shape index (κ2) is 19.1. The Hall–Kier alpha value is -2.29. The summed E-state index contributed by atoms with van der Waals surface area (Å²) in [6.07, 6.45) is 24.0. The summed E-state index contributed by atoms with van der Waals surface area (Å²) in [5, 5.41) is 9.33. The predicted molar refractivity (Wildman–Crippen MR) is 147 cm³/mol. The minimum absolute atomic E-state index is 0.267. The van der Waals surface area contributed by atoms with Crippen molar-refractivity contribution in [2.45, 2.75) is 110 Å². The molecule has 0 amide bonds. The van der Waals surface area contributed by atoms with Crippen molar-refractivity contribution >= 4 is 11.9 Å². The van der Waals surface area contributed by atoms with Crippen molar-refractivity contribution in [3.8, 4) is 11.5 Å². The first-order chi connectivity index (χ1) is 16.8. The normalized spacial score (nSPS) is 11.3. The number of hydrogen-bond donors (Lipinski definition) is 1. The molecule has 2 aromatic carbocycles. The Balaban J connectivity index is 1.39. The number of unbranched alkanes of at least 4 members (excludes halogenated alkanes) is 15. The average Bonchev–Trinajstić information content (AvgIpc) is 2.86. The van der Waals surface area contributed by atoms with Crippen LogP contribution < -0.4 is 4.74 Å². The number of phenols is 1. The Morgan fingerprint density at radius 1 is 0.618 bits per heavy atom. The quantitative estimate of drug-likeness (QED) is 0.156. The van der Waals surface area contributed by atoms with E-state index in [0.29, 0.717) is 0 Å². The summed E-state index contributed by atoms with van der Waals surface area (Å²) in [5.74, 6) is 1.17. The fourth-order valence-electron chi connectivity index (χ4n) is 4.18. The van der Waals surface area contributed by atoms with Crippen LogP contribution in [0.2, 0.25) is 0 Å². The van der Waals surface area contributed by atoms with Crippen molar-refractivity contribution in [2.24, 2.45) is 4.99 Å². The van der Waals surface area contributed by atoms with Gasteiger partial charge in [0.1, 0.15) is 11.5 Å². The van der Waals surface area contributed by atoms with E-state index in [0.717, 1.165) is 30.0 Å². The van der Waals surface area contributed by atoms with E-state index in [-0.39, 0.29) is 5.75 Å². The van der Waals surface area contributed by atoms with E-state index < -0.39 is 0 Å². The first-order valence-electron chi connectivity index (χ1n) is 13.8. The molecule has 0 atom stereocenters. The van der Waals surface area contributed by atoms with Crippen LogP contribution >= 0.6 is 0 Å². The van der Waals surface area contributed by atoms with Gasteiger partial charge in [-0.15, -0.1) is 0 Å². The maximum absolute atomic E-state index is 9.33. The summed E-state index contributed by atoms with van der Waals surface area (Å²) in [7, 11) is 0. The van der Waals surface area contributed by atoms with Gasteiger partial charge in [0.2, 0.25) is 0 Å². The minimum Gasteiger partial charge on any atom is -0.508 e. The molecule has 0 bridgehead atoms. The second-order valence-corrected chi connectivity index (χ2v) is 9.50. The number of nitrogens with zero attached hydrogens (tertiary/aromatic N) is 1. The smallest absolute Gasteiger partial charge is 0.119 e. The second-order valence-electron chi connectivity index (χ2n) is 9.50. The third-order valence-electron chi connectivity index (χ3n) is 6.36. The molecule has 2 aromatic rings. The van der Waals surface area contributed by atoms with Gasteiger partial charge in [-0.05, 0) is 60.5 Å². The minimum atomic E-state index is 0.267. The molecule has 0 radical (unpaired) electrons. The topological polar surface area (TPSA) is 41.8 Å². The first-order valence-corrected chi connectivity index (χ1v) is 13.8. The molecule has 3 heteroatoms. The molecule has 0 aliphatic rings. The zero-order valence-corrected chi connectivity index (χ0v) is 21.5. The van der Waals surface area contributed by atoms with Crippen molar-refractivity contribution in [1.29, 1.82) is 0 Å². The molecule has 0 unspecified atom stereocenters. The molecule has 0 aliphatic carbocycles. The fourth-order valence-corrected chi connectivity index (χ4v) is 4.18. The molecule has 34 heavy (non-hydrogen) atoms. The number of benzene rings is 2. The van der Waals surface area contributed by atoms with Crippen molar-refractivity contribution in [3.05, 3.63) is 54.1 Å². The summed E-state index contributed by atoms with van der Waals surface area (Å²) < 4.78 is 5.88. The SMILES string of the molecule is CCCCCCCCCCCCCCCCCCOc1ccc(N=Cc2ccc(O)cc2)cc1. The van der Waals surface area contributed by atoms with E-state index in [4.69, 9.17) is 4.74 Å². The summed E-state index contributed by atoms with van der Waals surface area (Å²) >= 11 is 0. The lowest BCUT2D eigenvalue weighted by molar-refractivity contribution is 0.304. The lowest BCUT2D eigenvalue weighted by atomic mass is 10.0. The lowest BCUT2D eigenvalue weighted by Gasteiger charge is -2.06. The van der Waals surface area contributed by atoms with Gasteiger partial charge in [0.25, 0.3) is 0 Å². The molecule has 0 aromatic heterocycles. The molecule has 0 spiro atoms. The van der Waals surface area contributed by atoms with Crippen LogP contribution in [-0.4, -0.2) is 17.9 Å². The van der Waals surface area contributed by atoms with Gasteiger partial charge in [0, 0.05) is 6.21 Å². The van der Waals surface area contributed by atoms with Crippen LogP contribution in [0.1, 0.15) is 115 Å². The van der Waals surface area contributed by atoms with Crippen LogP contribution in [0.15, 0.2) is 53.5 Å². The Morgan fingerprint density at radius 2 is 1.09 bits per heavy atom. The largest absolute Gasteiger partial charge is 0.508 e. The van der Waals surface area contributed by atoms with Crippen LogP contribution in [0.5, 0.6) is 11.5 Å². The molecule has 3 nitrogen and oxygen atoms in total. The molecule has 0 saturated carbocycles. The van der Waals surface area contributed by atoms with E-state index in [1.54, 1.807) is 18.3 Å². The van der Waals surface area contributed by atoms with Gasteiger partial charge in [-0.2, -0.15) is 0 Å². The maximum Gasteiger partial charge on any atom is 0.119 e. The van der Waals surface area contributed by atoms with E-state index >= 15 is 0 Å². The number of aromatic hydroxyl groups is 1. The van der Waals surface area contributed by atoms with Crippen LogP contribution in [0.25, 0.3) is 0 Å². The maximum atomic E-state index is 9.33. The fraction of sp³-hybridized carbons (Fsp3) is 0.581. The monoisotopic (exact) mass is 465 g/mol. The van der Waals surface area contributed by atoms with Crippen molar-refractivity contribution in [3.63, 3.8) is 0 Å². The van der Waals surface area contributed by atoms with E-state index in [1.807, 2.05) is 36.4 Å². The molecular formula is C31H47NO2. The van der Waals surface area contributed by atoms with Crippen molar-refractivity contribution in [1.82, 2.24) is 0 Å². The molecule has 0 heterocycles. The summed E-state index contributed by atoms with van der Waals surface area (Å²) in [4.78, 5) is 4.47. The Morgan fingerprint density at radius 3 is 1.59 bits per heavy atom. The predicted octanol–water partition coefficient (Wildman–Crippen LogP) is 9.78. The van der Waals surface area contributed by atoms with Gasteiger partial charge in [0.05, 0.1) is 12.3 Å². The van der Waals surface area contributed by atoms with Crippen LogP contribution in [0.4, 0.5) is 5.69 Å². The van der Waals surface area contributed by atoms with E-state index in [9.17, 15) is 5.11 Å². The molecule has 0 aliphatic heterocycles. The van der Waals surface area contributed by atoms with Gasteiger partial charge >= 0.3 is 0 Å². The zero-order valence-electron chi connectivity index (χ0n) is 21.5. The lowest BCUT2D eigenvalue weighted by Crippen LogP contribution is -1.97. The summed E-state index contributed by atoms with van der Waals surface area (Å²) in [6, 6.07) is 14.9. The van der Waals surface area contributed by atoms with Crippen LogP contribution in [0, 0.1) is 0 Å². The number of ether oxygens (including phenoxy) is 1. The highest BCUT2D eigenvalue weighted by atomic mass is 16.5. The highest BCUT2D eigenvalue weighted by Gasteiger charge is 1.97. The molecule has 188 valence electrons. The standard InChI is InChI=1S/C31H47NO2/c1-2-3-4-5-6-7-8-9-10-11-12-13-14-15-16-17-26-34-31-24-20-29(21-25-31)32-27-28-18-22-30(33)23-19-28/h18-25,27,33H,2-17,26H2,1H3. The summed E-state index contributed by atoms with van der Waals surface area (Å²) in [6.45, 7) is 3.07. The zero-order chi connectivity index (χ0) is 24.1. The van der Waals surface area contributed by atoms with Gasteiger partial charge in [0.15, 0.2) is 0 Å². The molecule has 2 rings (SSSR count). The first kappa shape index (κ1) is 28.0. The molecule has 0 saturated heterocycles. The Kier molecular flexibility index (Phi) is 15.7. The van der Waals surface area contributed by atoms with Crippen molar-refractivity contribution < 1.29 is 9.84 Å². The third kappa shape index (κ3) is 14.1. The van der Waals surface area contributed by atoms with Crippen LogP contribution in [0.3, 0.4) is 0 Å². The van der Waals surface area contributed by atoms with Crippen LogP contribution in [-0.2, 0) is 0 Å². The average molecular weight is 466 g/mol. The highest BCUT2D eigenvalue weighted by molar-refractivity contribution is 5.82. The van der Waals surface area contributed by atoms with E-state index in [2.05, 4.69) is 11.9 Å². The number of aliphatic imine (C=N–C) groups is 1. The molecular weight excluding hydrogens is 418 g/mol. The van der Waals surface area contributed by atoms with Crippen molar-refractivity contribution in [2.75, 3.05) is 6.61 Å². The third-order valence-corrected chi connectivity index (χ3v) is 6.36. The van der Waals surface area contributed by atoms with E-state index in [1.165, 1.54) is 96.3 Å². The summed E-state index contributed by atoms with van der Waals surface area (Å²) in [5.41, 5.74) is 1.85. The van der Waals surface area contributed by atoms with Gasteiger partial charge in [-0.25, -0.2) is 0 Å². The van der Waals surface area contributed by atoms with Gasteiger partial charge < -0.3 is 9.84 Å². The Labute approximate surface area is 208 Å². The molecule has 0 fully saturated rings. The number of hydrogen-bond acceptors (Lipinski definition) is 3. The van der Waals surface area contributed by atoms with Gasteiger partial charge in [-0.1, -0.05) is 103 Å².